The second-order valence-electron chi connectivity index (χ2n) is 3.04. The fourth-order valence-corrected chi connectivity index (χ4v) is 1.41. The van der Waals surface area contributed by atoms with Gasteiger partial charge in [0.25, 0.3) is 5.91 Å². The molecule has 0 aliphatic rings. The lowest BCUT2D eigenvalue weighted by Gasteiger charge is -2.04. The number of benzene rings is 1. The van der Waals surface area contributed by atoms with Crippen LogP contribution in [0.5, 0.6) is 0 Å². The normalized spacial score (nSPS) is 10.1. The summed E-state index contributed by atoms with van der Waals surface area (Å²) in [6.45, 7) is 0. The molecule has 0 atom stereocenters. The second-order valence-corrected chi connectivity index (χ2v) is 3.39. The number of hydrogen-bond donors (Lipinski definition) is 1. The molecule has 0 unspecified atom stereocenters. The Kier molecular flexibility index (Phi) is 2.92. The van der Waals surface area contributed by atoms with Gasteiger partial charge in [-0.1, -0.05) is 12.1 Å². The van der Waals surface area contributed by atoms with Crippen LogP contribution in [0, 0.1) is 5.82 Å². The van der Waals surface area contributed by atoms with Gasteiger partial charge < -0.3 is 9.73 Å². The van der Waals surface area contributed by atoms with Gasteiger partial charge in [0.1, 0.15) is 5.82 Å². The minimum absolute atomic E-state index is 0.0196. The lowest BCUT2D eigenvalue weighted by Crippen LogP contribution is -2.12. The topological polar surface area (TPSA) is 42.2 Å². The highest BCUT2D eigenvalue weighted by molar-refractivity contribution is 6.32. The summed E-state index contributed by atoms with van der Waals surface area (Å²) in [4.78, 5) is 11.6. The van der Waals surface area contributed by atoms with E-state index in [9.17, 15) is 9.18 Å². The zero-order valence-electron chi connectivity index (χ0n) is 8.04. The summed E-state index contributed by atoms with van der Waals surface area (Å²) in [5.41, 5.74) is 0.273. The first-order valence-corrected chi connectivity index (χ1v) is 4.85. The van der Waals surface area contributed by atoms with Crippen LogP contribution in [-0.2, 0) is 0 Å². The molecule has 0 aliphatic carbocycles. The van der Waals surface area contributed by atoms with Crippen LogP contribution in [0.3, 0.4) is 0 Å². The van der Waals surface area contributed by atoms with Crippen molar-refractivity contribution >= 4 is 23.2 Å². The van der Waals surface area contributed by atoms with Crippen LogP contribution in [0.4, 0.5) is 10.1 Å². The fraction of sp³-hybridized carbons (Fsp3) is 0. The Labute approximate surface area is 95.8 Å². The summed E-state index contributed by atoms with van der Waals surface area (Å²) in [7, 11) is 0. The maximum Gasteiger partial charge on any atom is 0.260 e. The van der Waals surface area contributed by atoms with E-state index in [1.807, 2.05) is 0 Å². The van der Waals surface area contributed by atoms with Crippen molar-refractivity contribution in [3.63, 3.8) is 0 Å². The monoisotopic (exact) mass is 239 g/mol. The van der Waals surface area contributed by atoms with Crippen molar-refractivity contribution in [3.05, 3.63) is 53.2 Å². The van der Waals surface area contributed by atoms with Crippen molar-refractivity contribution < 1.29 is 13.6 Å². The highest BCUT2D eigenvalue weighted by Crippen LogP contribution is 2.19. The van der Waals surface area contributed by atoms with Crippen LogP contribution in [-0.4, -0.2) is 5.91 Å². The van der Waals surface area contributed by atoms with Gasteiger partial charge in [-0.05, 0) is 29.8 Å². The van der Waals surface area contributed by atoms with E-state index in [2.05, 4.69) is 5.32 Å². The fourth-order valence-electron chi connectivity index (χ4n) is 1.21. The van der Waals surface area contributed by atoms with E-state index in [4.69, 9.17) is 16.0 Å². The predicted octanol–water partition coefficient (Wildman–Crippen LogP) is 3.32. The lowest BCUT2D eigenvalue weighted by molar-refractivity contribution is 0.102. The van der Waals surface area contributed by atoms with Gasteiger partial charge in [-0.15, -0.1) is 0 Å². The molecule has 0 aliphatic heterocycles. The molecule has 0 fully saturated rings. The van der Waals surface area contributed by atoms with Crippen molar-refractivity contribution in [2.75, 3.05) is 5.32 Å². The maximum atomic E-state index is 13.2. The second kappa shape index (κ2) is 4.37. The molecule has 3 nitrogen and oxygen atoms in total. The molecule has 2 aromatic rings. The number of carbonyl (C=O) groups is 1. The summed E-state index contributed by atoms with van der Waals surface area (Å²) in [5, 5.41) is 2.38. The number of nitrogens with one attached hydrogen (secondary N) is 1. The highest BCUT2D eigenvalue weighted by atomic mass is 35.5. The van der Waals surface area contributed by atoms with Gasteiger partial charge in [0, 0.05) is 0 Å². The van der Waals surface area contributed by atoms with E-state index in [0.29, 0.717) is 0 Å². The molecule has 82 valence electrons. The van der Waals surface area contributed by atoms with Crippen molar-refractivity contribution in [1.29, 1.82) is 0 Å². The summed E-state index contributed by atoms with van der Waals surface area (Å²) in [5.74, 6) is -1.01. The van der Waals surface area contributed by atoms with Gasteiger partial charge in [-0.2, -0.15) is 0 Å². The van der Waals surface area contributed by atoms with Crippen LogP contribution in [0.2, 0.25) is 5.22 Å². The number of halogens is 2. The third-order valence-corrected chi connectivity index (χ3v) is 2.28. The van der Waals surface area contributed by atoms with Crippen molar-refractivity contribution in [2.45, 2.75) is 0 Å². The molecule has 0 bridgehead atoms. The first kappa shape index (κ1) is 10.7. The quantitative estimate of drug-likeness (QED) is 0.874. The van der Waals surface area contributed by atoms with Crippen LogP contribution in [0.1, 0.15) is 10.4 Å². The van der Waals surface area contributed by atoms with E-state index < -0.39 is 11.7 Å². The van der Waals surface area contributed by atoms with E-state index in [1.165, 1.54) is 30.5 Å². The molecular formula is C11H7ClFNO2. The summed E-state index contributed by atoms with van der Waals surface area (Å²) in [6, 6.07) is 7.29. The average Bonchev–Trinajstić information content (AvgIpc) is 2.68. The van der Waals surface area contributed by atoms with Crippen molar-refractivity contribution in [2.24, 2.45) is 0 Å². The maximum absolute atomic E-state index is 13.2. The van der Waals surface area contributed by atoms with Crippen LogP contribution in [0.15, 0.2) is 41.0 Å². The Balaban J connectivity index is 2.21. The number of para-hydroxylation sites is 1. The van der Waals surface area contributed by atoms with Gasteiger partial charge in [-0.3, -0.25) is 4.79 Å². The smallest absolute Gasteiger partial charge is 0.260 e. The summed E-state index contributed by atoms with van der Waals surface area (Å²) < 4.78 is 18.0. The molecule has 0 spiro atoms. The van der Waals surface area contributed by atoms with Gasteiger partial charge in [0.05, 0.1) is 17.5 Å². The standard InChI is InChI=1S/C11H7ClFNO2/c12-10-7(5-6-16-10)11(15)14-9-4-2-1-3-8(9)13/h1-6H,(H,14,15). The minimum atomic E-state index is -0.510. The van der Waals surface area contributed by atoms with E-state index in [1.54, 1.807) is 6.07 Å². The number of hydrogen-bond acceptors (Lipinski definition) is 2. The Hall–Kier alpha value is -1.81. The number of anilines is 1. The average molecular weight is 240 g/mol. The Morgan fingerprint density at radius 2 is 2.06 bits per heavy atom. The molecular weight excluding hydrogens is 233 g/mol. The van der Waals surface area contributed by atoms with Crippen molar-refractivity contribution in [1.82, 2.24) is 0 Å². The highest BCUT2D eigenvalue weighted by Gasteiger charge is 2.14. The van der Waals surface area contributed by atoms with Crippen molar-refractivity contribution in [3.8, 4) is 0 Å². The molecule has 1 aromatic heterocycles. The van der Waals surface area contributed by atoms with E-state index in [0.717, 1.165) is 0 Å². The SMILES string of the molecule is O=C(Nc1ccccc1F)c1ccoc1Cl. The summed E-state index contributed by atoms with van der Waals surface area (Å²) in [6.07, 6.45) is 1.29. The summed E-state index contributed by atoms with van der Waals surface area (Å²) >= 11 is 5.62. The molecule has 1 N–H and O–H groups in total. The minimum Gasteiger partial charge on any atom is -0.452 e. The van der Waals surface area contributed by atoms with Crippen LogP contribution < -0.4 is 5.32 Å². The van der Waals surface area contributed by atoms with Crippen LogP contribution in [0.25, 0.3) is 0 Å². The Morgan fingerprint density at radius 3 is 2.69 bits per heavy atom. The molecule has 5 heteroatoms. The molecule has 16 heavy (non-hydrogen) atoms. The van der Waals surface area contributed by atoms with E-state index >= 15 is 0 Å². The molecule has 0 saturated heterocycles. The molecule has 2 rings (SSSR count). The number of amides is 1. The van der Waals surface area contributed by atoms with Gasteiger partial charge >= 0.3 is 0 Å². The third kappa shape index (κ3) is 2.06. The van der Waals surface area contributed by atoms with Gasteiger partial charge in [0.2, 0.25) is 5.22 Å². The predicted molar refractivity (Wildman–Crippen MR) is 58.1 cm³/mol. The molecule has 1 heterocycles. The number of furan rings is 1. The largest absolute Gasteiger partial charge is 0.452 e. The van der Waals surface area contributed by atoms with Crippen LogP contribution >= 0.6 is 11.6 Å². The Bertz CT molecular complexity index is 524. The zero-order chi connectivity index (χ0) is 11.5. The first-order valence-electron chi connectivity index (χ1n) is 4.47. The van der Waals surface area contributed by atoms with Gasteiger partial charge in [-0.25, -0.2) is 4.39 Å². The van der Waals surface area contributed by atoms with Gasteiger partial charge in [0.15, 0.2) is 0 Å². The molecule has 1 aromatic carbocycles. The Morgan fingerprint density at radius 1 is 1.31 bits per heavy atom. The molecule has 0 saturated carbocycles. The zero-order valence-corrected chi connectivity index (χ0v) is 8.79. The number of rotatable bonds is 2. The molecule has 0 radical (unpaired) electrons. The first-order chi connectivity index (χ1) is 7.68. The van der Waals surface area contributed by atoms with E-state index in [-0.39, 0.29) is 16.5 Å². The molecule has 1 amide bonds. The number of carbonyl (C=O) groups excluding carboxylic acids is 1. The third-order valence-electron chi connectivity index (χ3n) is 1.98. The lowest BCUT2D eigenvalue weighted by atomic mass is 10.2.